The molecule has 2 aliphatic rings. The molecule has 1 N–H and O–H groups in total. The van der Waals surface area contributed by atoms with Crippen molar-refractivity contribution in [1.82, 2.24) is 14.9 Å². The first-order valence-electron chi connectivity index (χ1n) is 9.82. The fraction of sp³-hybridized carbons (Fsp3) is 0.261. The quantitative estimate of drug-likeness (QED) is 0.560. The Morgan fingerprint density at radius 1 is 1.14 bits per heavy atom. The molecule has 0 spiro atoms. The minimum absolute atomic E-state index is 0.435. The summed E-state index contributed by atoms with van der Waals surface area (Å²) in [5, 5.41) is 7.04. The average molecular weight is 388 g/mol. The molecule has 6 rings (SSSR count). The van der Waals surface area contributed by atoms with Crippen LogP contribution in [0.2, 0.25) is 0 Å². The van der Waals surface area contributed by atoms with E-state index in [1.54, 1.807) is 6.20 Å². The summed E-state index contributed by atoms with van der Waals surface area (Å²) in [4.78, 5) is 5.91. The van der Waals surface area contributed by atoms with Crippen LogP contribution in [0.15, 0.2) is 64.6 Å². The summed E-state index contributed by atoms with van der Waals surface area (Å²) in [7, 11) is 0.938. The molecule has 1 saturated heterocycles. The molecule has 0 aliphatic carbocycles. The number of aryl methyl sites for hydroxylation is 1. The molecule has 0 amide bonds. The van der Waals surface area contributed by atoms with E-state index < -0.39 is 10.8 Å². The Hall–Kier alpha value is -2.50. The van der Waals surface area contributed by atoms with Crippen molar-refractivity contribution in [2.45, 2.75) is 41.1 Å². The van der Waals surface area contributed by atoms with Gasteiger partial charge in [0.1, 0.15) is 0 Å². The summed E-state index contributed by atoms with van der Waals surface area (Å²) in [5.74, 6) is 0. The normalized spacial score (nSPS) is 21.9. The number of pyridine rings is 1. The van der Waals surface area contributed by atoms with Gasteiger partial charge in [0.25, 0.3) is 0 Å². The van der Waals surface area contributed by atoms with Gasteiger partial charge in [-0.3, -0.25) is 4.98 Å². The fourth-order valence-corrected chi connectivity index (χ4v) is 6.34. The van der Waals surface area contributed by atoms with Crippen molar-refractivity contribution in [3.8, 4) is 0 Å². The summed E-state index contributed by atoms with van der Waals surface area (Å²) in [5.41, 5.74) is 4.11. The Morgan fingerprint density at radius 3 is 3.00 bits per heavy atom. The van der Waals surface area contributed by atoms with Gasteiger partial charge in [0.15, 0.2) is 0 Å². The molecule has 2 aliphatic heterocycles. The van der Waals surface area contributed by atoms with Crippen LogP contribution in [-0.4, -0.2) is 19.8 Å². The number of hydrogen-bond donors (Lipinski definition) is 1. The van der Waals surface area contributed by atoms with Crippen molar-refractivity contribution in [3.63, 3.8) is 0 Å². The molecule has 1 fully saturated rings. The summed E-state index contributed by atoms with van der Waals surface area (Å²) in [6.45, 7) is 0. The van der Waals surface area contributed by atoms with Crippen LogP contribution in [0.25, 0.3) is 21.7 Å². The molecular weight excluding hydrogens is 366 g/mol. The Morgan fingerprint density at radius 2 is 2.07 bits per heavy atom. The van der Waals surface area contributed by atoms with E-state index in [4.69, 9.17) is 0 Å². The van der Waals surface area contributed by atoms with Gasteiger partial charge < -0.3 is 9.88 Å². The van der Waals surface area contributed by atoms with E-state index in [0.717, 1.165) is 27.0 Å². The Bertz CT molecular complexity index is 1270. The summed E-state index contributed by atoms with van der Waals surface area (Å²) < 4.78 is 15.8. The fourth-order valence-electron chi connectivity index (χ4n) is 5.08. The Balaban J connectivity index is 1.53. The molecule has 0 radical (unpaired) electrons. The molecule has 4 aromatic rings. The minimum atomic E-state index is -1.23. The number of nitrogens with zero attached hydrogens (tertiary/aromatic N) is 2. The van der Waals surface area contributed by atoms with Crippen LogP contribution in [0.4, 0.5) is 0 Å². The van der Waals surface area contributed by atoms with E-state index in [1.807, 2.05) is 36.5 Å². The van der Waals surface area contributed by atoms with Gasteiger partial charge in [0, 0.05) is 70.2 Å². The van der Waals surface area contributed by atoms with Crippen LogP contribution < -0.4 is 5.32 Å². The standard InChI is InChI=1S/C23H21N3OS/c1-26-20-8-6-16(12-18(20)23-19-7-5-15(25-19)11-21(23)26)28(27)22-4-2-3-14-13-24-10-9-17(14)22/h2-4,6,8-10,12-13,15,19,25H,5,7,11H2,1H3. The van der Waals surface area contributed by atoms with Crippen molar-refractivity contribution >= 4 is 32.5 Å². The summed E-state index contributed by atoms with van der Waals surface area (Å²) in [6, 6.07) is 15.3. The van der Waals surface area contributed by atoms with Crippen molar-refractivity contribution in [2.24, 2.45) is 7.05 Å². The van der Waals surface area contributed by atoms with Gasteiger partial charge in [-0.1, -0.05) is 12.1 Å². The zero-order valence-electron chi connectivity index (χ0n) is 15.7. The lowest BCUT2D eigenvalue weighted by Gasteiger charge is -2.23. The van der Waals surface area contributed by atoms with E-state index in [9.17, 15) is 4.21 Å². The molecule has 3 atom stereocenters. The second-order valence-electron chi connectivity index (χ2n) is 7.92. The predicted molar refractivity (Wildman–Crippen MR) is 112 cm³/mol. The highest BCUT2D eigenvalue weighted by molar-refractivity contribution is 7.85. The van der Waals surface area contributed by atoms with Gasteiger partial charge in [-0.05, 0) is 48.7 Å². The SMILES string of the molecule is Cn1c2c(c3cc(S(=O)c4cccc5cnccc45)ccc31)C1CCC(C2)N1. The molecule has 28 heavy (non-hydrogen) atoms. The maximum atomic E-state index is 13.5. The lowest BCUT2D eigenvalue weighted by atomic mass is 9.99. The van der Waals surface area contributed by atoms with E-state index in [2.05, 4.69) is 34.0 Å². The molecule has 0 saturated carbocycles. The molecule has 5 heteroatoms. The van der Waals surface area contributed by atoms with Gasteiger partial charge in [0.2, 0.25) is 0 Å². The number of rotatable bonds is 2. The summed E-state index contributed by atoms with van der Waals surface area (Å²) in [6.07, 6.45) is 7.12. The first kappa shape index (κ1) is 16.5. The maximum absolute atomic E-state index is 13.5. The second kappa shape index (κ2) is 6.00. The Labute approximate surface area is 166 Å². The highest BCUT2D eigenvalue weighted by atomic mass is 32.2. The number of benzene rings is 2. The lowest BCUT2D eigenvalue weighted by molar-refractivity contribution is 0.503. The zero-order valence-corrected chi connectivity index (χ0v) is 16.5. The highest BCUT2D eigenvalue weighted by Crippen LogP contribution is 2.42. The first-order valence-corrected chi connectivity index (χ1v) is 11.0. The van der Waals surface area contributed by atoms with E-state index in [1.165, 1.54) is 35.0 Å². The number of nitrogens with one attached hydrogen (secondary N) is 1. The molecule has 4 nitrogen and oxygen atoms in total. The molecule has 2 aromatic carbocycles. The monoisotopic (exact) mass is 387 g/mol. The minimum Gasteiger partial charge on any atom is -0.347 e. The van der Waals surface area contributed by atoms with Gasteiger partial charge in [-0.25, -0.2) is 4.21 Å². The third-order valence-electron chi connectivity index (χ3n) is 6.42. The third kappa shape index (κ3) is 2.26. The molecule has 3 unspecified atom stereocenters. The molecule has 4 heterocycles. The van der Waals surface area contributed by atoms with Crippen LogP contribution in [-0.2, 0) is 24.3 Å². The largest absolute Gasteiger partial charge is 0.347 e. The molecular formula is C23H21N3OS. The van der Waals surface area contributed by atoms with Gasteiger partial charge in [-0.15, -0.1) is 0 Å². The van der Waals surface area contributed by atoms with Crippen LogP contribution in [0, 0.1) is 0 Å². The van der Waals surface area contributed by atoms with Crippen molar-refractivity contribution in [3.05, 3.63) is 66.1 Å². The van der Waals surface area contributed by atoms with E-state index in [-0.39, 0.29) is 0 Å². The van der Waals surface area contributed by atoms with Crippen molar-refractivity contribution in [2.75, 3.05) is 0 Å². The number of aromatic nitrogens is 2. The van der Waals surface area contributed by atoms with E-state index >= 15 is 0 Å². The predicted octanol–water partition coefficient (Wildman–Crippen LogP) is 4.24. The molecule has 2 aromatic heterocycles. The van der Waals surface area contributed by atoms with Crippen LogP contribution in [0.1, 0.15) is 30.1 Å². The van der Waals surface area contributed by atoms with Gasteiger partial charge in [0.05, 0.1) is 15.7 Å². The number of fused-ring (bicyclic) bond motifs is 7. The smallest absolute Gasteiger partial charge is 0.0856 e. The second-order valence-corrected chi connectivity index (χ2v) is 9.37. The molecule has 2 bridgehead atoms. The van der Waals surface area contributed by atoms with Gasteiger partial charge in [-0.2, -0.15) is 0 Å². The Kier molecular flexibility index (Phi) is 3.52. The van der Waals surface area contributed by atoms with Crippen LogP contribution in [0.5, 0.6) is 0 Å². The highest BCUT2D eigenvalue weighted by Gasteiger charge is 2.35. The maximum Gasteiger partial charge on any atom is 0.0856 e. The number of hydrogen-bond acceptors (Lipinski definition) is 3. The lowest BCUT2D eigenvalue weighted by Crippen LogP contribution is -2.32. The van der Waals surface area contributed by atoms with Crippen LogP contribution >= 0.6 is 0 Å². The van der Waals surface area contributed by atoms with Gasteiger partial charge >= 0.3 is 0 Å². The zero-order chi connectivity index (χ0) is 18.8. The first-order chi connectivity index (χ1) is 13.7. The van der Waals surface area contributed by atoms with E-state index in [0.29, 0.717) is 12.1 Å². The molecule has 140 valence electrons. The average Bonchev–Trinajstić information content (AvgIpc) is 3.25. The third-order valence-corrected chi connectivity index (χ3v) is 7.86. The topological polar surface area (TPSA) is 46.9 Å². The van der Waals surface area contributed by atoms with Crippen molar-refractivity contribution < 1.29 is 4.21 Å². The van der Waals surface area contributed by atoms with Crippen LogP contribution in [0.3, 0.4) is 0 Å². The summed E-state index contributed by atoms with van der Waals surface area (Å²) >= 11 is 0. The van der Waals surface area contributed by atoms with Crippen molar-refractivity contribution in [1.29, 1.82) is 0 Å².